The minimum atomic E-state index is -1.20. The highest BCUT2D eigenvalue weighted by molar-refractivity contribution is 5.86. The van der Waals surface area contributed by atoms with Crippen LogP contribution in [0.3, 0.4) is 0 Å². The normalized spacial score (nSPS) is 18.1. The molecule has 0 aliphatic carbocycles. The second kappa shape index (κ2) is 6.25. The molecule has 0 fully saturated rings. The van der Waals surface area contributed by atoms with Crippen molar-refractivity contribution in [3.63, 3.8) is 0 Å². The van der Waals surface area contributed by atoms with Crippen LogP contribution in [0.4, 0.5) is 0 Å². The predicted molar refractivity (Wildman–Crippen MR) is 67.6 cm³/mol. The van der Waals surface area contributed by atoms with E-state index < -0.39 is 24.0 Å². The molecule has 0 bridgehead atoms. The van der Waals surface area contributed by atoms with Gasteiger partial charge in [-0.1, -0.05) is 12.1 Å². The molecular formula is C13H15NO6. The van der Waals surface area contributed by atoms with Crippen molar-refractivity contribution in [3.05, 3.63) is 24.3 Å². The van der Waals surface area contributed by atoms with E-state index in [1.54, 1.807) is 24.3 Å². The van der Waals surface area contributed by atoms with Gasteiger partial charge in [-0.2, -0.15) is 0 Å². The number of aliphatic hydroxyl groups excluding tert-OH is 1. The van der Waals surface area contributed by atoms with Crippen molar-refractivity contribution in [2.75, 3.05) is 13.2 Å². The molecule has 1 heterocycles. The minimum Gasteiger partial charge on any atom is -0.485 e. The van der Waals surface area contributed by atoms with Crippen molar-refractivity contribution in [3.8, 4) is 11.5 Å². The zero-order chi connectivity index (χ0) is 14.5. The van der Waals surface area contributed by atoms with Gasteiger partial charge in [-0.05, 0) is 12.1 Å². The van der Waals surface area contributed by atoms with Crippen molar-refractivity contribution in [1.29, 1.82) is 0 Å². The van der Waals surface area contributed by atoms with Crippen molar-refractivity contribution < 1.29 is 29.3 Å². The maximum Gasteiger partial charge on any atom is 0.326 e. The van der Waals surface area contributed by atoms with E-state index in [0.29, 0.717) is 11.5 Å². The van der Waals surface area contributed by atoms with E-state index in [2.05, 4.69) is 5.32 Å². The molecule has 0 radical (unpaired) electrons. The number of carbonyl (C=O) groups is 2. The average molecular weight is 281 g/mol. The fourth-order valence-electron chi connectivity index (χ4n) is 1.80. The topological polar surface area (TPSA) is 105 Å². The quantitative estimate of drug-likeness (QED) is 0.689. The maximum atomic E-state index is 11.9. The van der Waals surface area contributed by atoms with Crippen molar-refractivity contribution in [1.82, 2.24) is 5.32 Å². The number of nitrogens with one attached hydrogen (secondary N) is 1. The Morgan fingerprint density at radius 3 is 2.70 bits per heavy atom. The Bertz CT molecular complexity index is 503. The van der Waals surface area contributed by atoms with Crippen molar-refractivity contribution in [2.24, 2.45) is 0 Å². The second-order valence-electron chi connectivity index (χ2n) is 4.28. The van der Waals surface area contributed by atoms with Gasteiger partial charge >= 0.3 is 5.97 Å². The Balaban J connectivity index is 1.99. The molecular weight excluding hydrogens is 266 g/mol. The molecule has 2 atom stereocenters. The number of carboxylic acid groups (broad SMARTS) is 1. The first-order valence-electron chi connectivity index (χ1n) is 6.14. The van der Waals surface area contributed by atoms with Gasteiger partial charge in [0.15, 0.2) is 11.5 Å². The van der Waals surface area contributed by atoms with Gasteiger partial charge in [0, 0.05) is 13.0 Å². The summed E-state index contributed by atoms with van der Waals surface area (Å²) in [6.45, 7) is -0.323. The highest BCUT2D eigenvalue weighted by atomic mass is 16.6. The van der Waals surface area contributed by atoms with Crippen LogP contribution < -0.4 is 14.8 Å². The molecule has 0 saturated heterocycles. The number of carboxylic acids is 1. The van der Waals surface area contributed by atoms with Crippen LogP contribution in [0.2, 0.25) is 0 Å². The van der Waals surface area contributed by atoms with Crippen LogP contribution in [-0.4, -0.2) is 47.4 Å². The van der Waals surface area contributed by atoms with Crippen molar-refractivity contribution >= 4 is 11.9 Å². The molecule has 1 unspecified atom stereocenters. The molecule has 0 aromatic heterocycles. The van der Waals surface area contributed by atoms with Gasteiger partial charge < -0.3 is 25.0 Å². The van der Waals surface area contributed by atoms with Gasteiger partial charge in [0.25, 0.3) is 5.91 Å². The summed E-state index contributed by atoms with van der Waals surface area (Å²) in [5, 5.41) is 20.0. The number of carbonyl (C=O) groups excluding carboxylic acids is 1. The smallest absolute Gasteiger partial charge is 0.326 e. The van der Waals surface area contributed by atoms with Crippen molar-refractivity contribution in [2.45, 2.75) is 18.6 Å². The van der Waals surface area contributed by atoms with E-state index in [1.165, 1.54) is 0 Å². The summed E-state index contributed by atoms with van der Waals surface area (Å²) in [7, 11) is 0. The SMILES string of the molecule is O=C(N[C@H](CCO)C(=O)O)C1COc2ccccc2O1. The maximum absolute atomic E-state index is 11.9. The standard InChI is InChI=1S/C13H15NO6/c15-6-5-8(13(17)18)14-12(16)11-7-19-9-3-1-2-4-10(9)20-11/h1-4,8,11,15H,5-7H2,(H,14,16)(H,17,18)/t8-,11?/m1/s1. The number of rotatable bonds is 5. The van der Waals surface area contributed by atoms with Crippen LogP contribution in [0.5, 0.6) is 11.5 Å². The lowest BCUT2D eigenvalue weighted by Crippen LogP contribution is -2.50. The number of hydrogen-bond donors (Lipinski definition) is 3. The Morgan fingerprint density at radius 1 is 1.35 bits per heavy atom. The van der Waals surface area contributed by atoms with Gasteiger partial charge in [0.1, 0.15) is 12.6 Å². The molecule has 1 aliphatic rings. The Hall–Kier alpha value is -2.28. The predicted octanol–water partition coefficient (Wildman–Crippen LogP) is -0.222. The number of para-hydroxylation sites is 2. The van der Waals surface area contributed by atoms with Crippen LogP contribution >= 0.6 is 0 Å². The lowest BCUT2D eigenvalue weighted by Gasteiger charge is -2.26. The van der Waals surface area contributed by atoms with E-state index in [9.17, 15) is 9.59 Å². The highest BCUT2D eigenvalue weighted by Gasteiger charge is 2.30. The molecule has 7 heteroatoms. The Labute approximate surface area is 115 Å². The van der Waals surface area contributed by atoms with Crippen LogP contribution in [0.15, 0.2) is 24.3 Å². The Kier molecular flexibility index (Phi) is 4.41. The largest absolute Gasteiger partial charge is 0.485 e. The van der Waals surface area contributed by atoms with Crippen LogP contribution in [0.25, 0.3) is 0 Å². The average Bonchev–Trinajstić information content (AvgIpc) is 2.46. The molecule has 0 saturated carbocycles. The molecule has 1 aliphatic heterocycles. The third-order valence-electron chi connectivity index (χ3n) is 2.83. The summed E-state index contributed by atoms with van der Waals surface area (Å²) in [6.07, 6.45) is -0.976. The van der Waals surface area contributed by atoms with Gasteiger partial charge in [0.2, 0.25) is 6.10 Å². The van der Waals surface area contributed by atoms with Gasteiger partial charge in [-0.3, -0.25) is 4.79 Å². The fourth-order valence-corrected chi connectivity index (χ4v) is 1.80. The first kappa shape index (κ1) is 14.1. The Morgan fingerprint density at radius 2 is 2.05 bits per heavy atom. The first-order chi connectivity index (χ1) is 9.61. The lowest BCUT2D eigenvalue weighted by molar-refractivity contribution is -0.144. The van der Waals surface area contributed by atoms with E-state index in [1.807, 2.05) is 0 Å². The zero-order valence-electron chi connectivity index (χ0n) is 10.6. The molecule has 3 N–H and O–H groups in total. The second-order valence-corrected chi connectivity index (χ2v) is 4.28. The molecule has 1 aromatic carbocycles. The lowest BCUT2D eigenvalue weighted by atomic mass is 10.2. The van der Waals surface area contributed by atoms with Crippen LogP contribution in [0.1, 0.15) is 6.42 Å². The summed E-state index contributed by atoms with van der Waals surface area (Å²) in [5.74, 6) is -0.806. The monoisotopic (exact) mass is 281 g/mol. The van der Waals surface area contributed by atoms with Crippen LogP contribution in [-0.2, 0) is 9.59 Å². The number of benzene rings is 1. The number of hydrogen-bond acceptors (Lipinski definition) is 5. The van der Waals surface area contributed by atoms with E-state index in [0.717, 1.165) is 0 Å². The van der Waals surface area contributed by atoms with E-state index in [4.69, 9.17) is 19.7 Å². The molecule has 2 rings (SSSR count). The van der Waals surface area contributed by atoms with E-state index in [-0.39, 0.29) is 19.6 Å². The van der Waals surface area contributed by atoms with Gasteiger partial charge in [-0.25, -0.2) is 4.79 Å². The first-order valence-corrected chi connectivity index (χ1v) is 6.14. The summed E-state index contributed by atoms with van der Waals surface area (Å²) >= 11 is 0. The van der Waals surface area contributed by atoms with Gasteiger partial charge in [0.05, 0.1) is 0 Å². The third-order valence-corrected chi connectivity index (χ3v) is 2.83. The third kappa shape index (κ3) is 3.18. The summed E-state index contributed by atoms with van der Waals surface area (Å²) in [5.41, 5.74) is 0. The van der Waals surface area contributed by atoms with Gasteiger partial charge in [-0.15, -0.1) is 0 Å². The number of ether oxygens (including phenoxy) is 2. The van der Waals surface area contributed by atoms with E-state index >= 15 is 0 Å². The molecule has 1 aromatic rings. The number of aliphatic carboxylic acids is 1. The van der Waals surface area contributed by atoms with Crippen LogP contribution in [0, 0.1) is 0 Å². The zero-order valence-corrected chi connectivity index (χ0v) is 10.6. The molecule has 20 heavy (non-hydrogen) atoms. The molecule has 7 nitrogen and oxygen atoms in total. The fraction of sp³-hybridized carbons (Fsp3) is 0.385. The highest BCUT2D eigenvalue weighted by Crippen LogP contribution is 2.30. The molecule has 1 amide bonds. The molecule has 0 spiro atoms. The summed E-state index contributed by atoms with van der Waals surface area (Å²) in [6, 6.07) is 5.76. The molecule has 108 valence electrons. The number of amides is 1. The number of fused-ring (bicyclic) bond motifs is 1. The summed E-state index contributed by atoms with van der Waals surface area (Å²) < 4.78 is 10.8. The minimum absolute atomic E-state index is 0.00824. The summed E-state index contributed by atoms with van der Waals surface area (Å²) in [4.78, 5) is 22.8. The number of aliphatic hydroxyl groups is 1.